The number of nitrogens with zero attached hydrogens (tertiary/aromatic N) is 2. The fraction of sp³-hybridized carbons (Fsp3) is 0.556. The van der Waals surface area contributed by atoms with Gasteiger partial charge in [-0.25, -0.2) is 0 Å². The van der Waals surface area contributed by atoms with Gasteiger partial charge >= 0.3 is 5.97 Å². The SMILES string of the molecule is CCOC(=O)CCC(=O)Nc1ccc(CN2CCN(C)CC2)cc1. The topological polar surface area (TPSA) is 61.9 Å². The summed E-state index contributed by atoms with van der Waals surface area (Å²) in [6, 6.07) is 7.90. The number of likely N-dealkylation sites (N-methyl/N-ethyl adjacent to an activating group) is 1. The number of hydrogen-bond acceptors (Lipinski definition) is 5. The zero-order valence-corrected chi connectivity index (χ0v) is 14.6. The highest BCUT2D eigenvalue weighted by molar-refractivity contribution is 5.92. The van der Waals surface area contributed by atoms with Crippen molar-refractivity contribution in [2.45, 2.75) is 26.3 Å². The Kier molecular flexibility index (Phi) is 7.21. The Bertz CT molecular complexity index is 537. The Morgan fingerprint density at radius 1 is 1.08 bits per heavy atom. The minimum Gasteiger partial charge on any atom is -0.466 e. The number of nitrogens with one attached hydrogen (secondary N) is 1. The molecular formula is C18H27N3O3. The first-order chi connectivity index (χ1) is 11.6. The predicted molar refractivity (Wildman–Crippen MR) is 93.7 cm³/mol. The second kappa shape index (κ2) is 9.39. The van der Waals surface area contributed by atoms with E-state index in [1.54, 1.807) is 6.92 Å². The van der Waals surface area contributed by atoms with Crippen molar-refractivity contribution in [3.63, 3.8) is 0 Å². The number of carbonyl (C=O) groups is 2. The molecule has 1 aromatic carbocycles. The number of esters is 1. The monoisotopic (exact) mass is 333 g/mol. The maximum absolute atomic E-state index is 11.8. The second-order valence-corrected chi connectivity index (χ2v) is 6.13. The standard InChI is InChI=1S/C18H27N3O3/c1-3-24-18(23)9-8-17(22)19-16-6-4-15(5-7-16)14-21-12-10-20(2)11-13-21/h4-7H,3,8-14H2,1-2H3,(H,19,22). The zero-order valence-electron chi connectivity index (χ0n) is 14.6. The first-order valence-electron chi connectivity index (χ1n) is 8.52. The van der Waals surface area contributed by atoms with Gasteiger partial charge in [-0.3, -0.25) is 14.5 Å². The van der Waals surface area contributed by atoms with Crippen molar-refractivity contribution in [1.82, 2.24) is 9.80 Å². The minimum atomic E-state index is -0.338. The number of piperazine rings is 1. The van der Waals surface area contributed by atoms with Gasteiger partial charge in [0, 0.05) is 44.8 Å². The van der Waals surface area contributed by atoms with E-state index in [9.17, 15) is 9.59 Å². The van der Waals surface area contributed by atoms with Gasteiger partial charge in [-0.05, 0) is 31.7 Å². The third-order valence-corrected chi connectivity index (χ3v) is 4.10. The number of ether oxygens (including phenoxy) is 1. The highest BCUT2D eigenvalue weighted by Crippen LogP contribution is 2.13. The molecule has 6 nitrogen and oxygen atoms in total. The molecule has 1 aromatic rings. The van der Waals surface area contributed by atoms with Crippen molar-refractivity contribution >= 4 is 17.6 Å². The third-order valence-electron chi connectivity index (χ3n) is 4.10. The van der Waals surface area contributed by atoms with E-state index in [4.69, 9.17) is 4.74 Å². The molecular weight excluding hydrogens is 306 g/mol. The number of rotatable bonds is 7. The van der Waals surface area contributed by atoms with Crippen LogP contribution in [-0.2, 0) is 20.9 Å². The van der Waals surface area contributed by atoms with Gasteiger partial charge in [-0.15, -0.1) is 0 Å². The molecule has 6 heteroatoms. The maximum atomic E-state index is 11.8. The number of benzene rings is 1. The molecule has 1 amide bonds. The van der Waals surface area contributed by atoms with E-state index < -0.39 is 0 Å². The molecule has 0 bridgehead atoms. The Morgan fingerprint density at radius 2 is 1.75 bits per heavy atom. The molecule has 132 valence electrons. The summed E-state index contributed by atoms with van der Waals surface area (Å²) in [5, 5.41) is 2.81. The highest BCUT2D eigenvalue weighted by atomic mass is 16.5. The Morgan fingerprint density at radius 3 is 2.38 bits per heavy atom. The largest absolute Gasteiger partial charge is 0.466 e. The van der Waals surface area contributed by atoms with Crippen LogP contribution >= 0.6 is 0 Å². The predicted octanol–water partition coefficient (Wildman–Crippen LogP) is 1.72. The van der Waals surface area contributed by atoms with E-state index in [0.717, 1.165) is 38.4 Å². The van der Waals surface area contributed by atoms with Crippen molar-refractivity contribution in [2.24, 2.45) is 0 Å². The van der Waals surface area contributed by atoms with Gasteiger partial charge in [0.05, 0.1) is 13.0 Å². The summed E-state index contributed by atoms with van der Waals surface area (Å²) < 4.78 is 4.81. The molecule has 1 aliphatic heterocycles. The first-order valence-corrected chi connectivity index (χ1v) is 8.52. The average Bonchev–Trinajstić information content (AvgIpc) is 2.57. The first kappa shape index (κ1) is 18.4. The molecule has 0 spiro atoms. The average molecular weight is 333 g/mol. The number of anilines is 1. The Balaban J connectivity index is 1.75. The van der Waals surface area contributed by atoms with E-state index in [2.05, 4.69) is 22.2 Å². The summed E-state index contributed by atoms with van der Waals surface area (Å²) in [5.41, 5.74) is 2.00. The van der Waals surface area contributed by atoms with Crippen LogP contribution in [0.1, 0.15) is 25.3 Å². The summed E-state index contributed by atoms with van der Waals surface area (Å²) in [7, 11) is 2.15. The molecule has 1 aliphatic rings. The van der Waals surface area contributed by atoms with Crippen LogP contribution in [0, 0.1) is 0 Å². The lowest BCUT2D eigenvalue weighted by molar-refractivity contribution is -0.144. The Labute approximate surface area is 143 Å². The summed E-state index contributed by atoms with van der Waals surface area (Å²) in [6.45, 7) is 7.41. The smallest absolute Gasteiger partial charge is 0.306 e. The summed E-state index contributed by atoms with van der Waals surface area (Å²) in [5.74, 6) is -0.509. The van der Waals surface area contributed by atoms with Crippen LogP contribution in [0.4, 0.5) is 5.69 Å². The van der Waals surface area contributed by atoms with E-state index in [-0.39, 0.29) is 24.7 Å². The van der Waals surface area contributed by atoms with Gasteiger partial charge in [-0.1, -0.05) is 12.1 Å². The van der Waals surface area contributed by atoms with Crippen LogP contribution in [-0.4, -0.2) is 61.5 Å². The molecule has 0 aromatic heterocycles. The van der Waals surface area contributed by atoms with E-state index in [1.165, 1.54) is 5.56 Å². The highest BCUT2D eigenvalue weighted by Gasteiger charge is 2.14. The quantitative estimate of drug-likeness (QED) is 0.770. The molecule has 1 heterocycles. The van der Waals surface area contributed by atoms with Gasteiger partial charge in [-0.2, -0.15) is 0 Å². The molecule has 0 aliphatic carbocycles. The van der Waals surface area contributed by atoms with E-state index in [1.807, 2.05) is 24.3 Å². The van der Waals surface area contributed by atoms with Crippen LogP contribution in [0.2, 0.25) is 0 Å². The maximum Gasteiger partial charge on any atom is 0.306 e. The van der Waals surface area contributed by atoms with Gasteiger partial charge in [0.1, 0.15) is 0 Å². The lowest BCUT2D eigenvalue weighted by Crippen LogP contribution is -2.43. The summed E-state index contributed by atoms with van der Waals surface area (Å²) >= 11 is 0. The molecule has 0 radical (unpaired) electrons. The fourth-order valence-corrected chi connectivity index (χ4v) is 2.63. The van der Waals surface area contributed by atoms with Crippen LogP contribution in [0.25, 0.3) is 0 Å². The lowest BCUT2D eigenvalue weighted by Gasteiger charge is -2.32. The second-order valence-electron chi connectivity index (χ2n) is 6.13. The molecule has 1 saturated heterocycles. The van der Waals surface area contributed by atoms with E-state index in [0.29, 0.717) is 6.61 Å². The molecule has 0 unspecified atom stereocenters. The Hall–Kier alpha value is -1.92. The zero-order chi connectivity index (χ0) is 17.4. The van der Waals surface area contributed by atoms with Crippen LogP contribution in [0.3, 0.4) is 0 Å². The third kappa shape index (κ3) is 6.29. The molecule has 0 atom stereocenters. The normalized spacial score (nSPS) is 15.9. The van der Waals surface area contributed by atoms with Crippen molar-refractivity contribution in [3.05, 3.63) is 29.8 Å². The van der Waals surface area contributed by atoms with Crippen molar-refractivity contribution in [2.75, 3.05) is 45.2 Å². The molecule has 1 N–H and O–H groups in total. The van der Waals surface area contributed by atoms with Crippen LogP contribution in [0.15, 0.2) is 24.3 Å². The van der Waals surface area contributed by atoms with E-state index >= 15 is 0 Å². The van der Waals surface area contributed by atoms with Gasteiger partial charge in [0.15, 0.2) is 0 Å². The summed E-state index contributed by atoms with van der Waals surface area (Å²) in [4.78, 5) is 27.8. The van der Waals surface area contributed by atoms with Crippen LogP contribution < -0.4 is 5.32 Å². The minimum absolute atomic E-state index is 0.112. The summed E-state index contributed by atoms with van der Waals surface area (Å²) in [6.07, 6.45) is 0.253. The van der Waals surface area contributed by atoms with Crippen molar-refractivity contribution in [1.29, 1.82) is 0 Å². The number of carbonyl (C=O) groups excluding carboxylic acids is 2. The molecule has 2 rings (SSSR count). The number of hydrogen-bond donors (Lipinski definition) is 1. The molecule has 1 fully saturated rings. The van der Waals surface area contributed by atoms with Gasteiger partial charge in [0.2, 0.25) is 5.91 Å². The lowest BCUT2D eigenvalue weighted by atomic mass is 10.1. The van der Waals surface area contributed by atoms with Crippen molar-refractivity contribution in [3.8, 4) is 0 Å². The van der Waals surface area contributed by atoms with Crippen molar-refractivity contribution < 1.29 is 14.3 Å². The van der Waals surface area contributed by atoms with Gasteiger partial charge in [0.25, 0.3) is 0 Å². The fourth-order valence-electron chi connectivity index (χ4n) is 2.63. The molecule has 24 heavy (non-hydrogen) atoms. The van der Waals surface area contributed by atoms with Crippen LogP contribution in [0.5, 0.6) is 0 Å². The van der Waals surface area contributed by atoms with Gasteiger partial charge < -0.3 is 15.0 Å². The molecule has 0 saturated carbocycles. The number of amides is 1.